The van der Waals surface area contributed by atoms with Gasteiger partial charge in [-0.15, -0.1) is 0 Å². The zero-order chi connectivity index (χ0) is 19.6. The highest BCUT2D eigenvalue weighted by Crippen LogP contribution is 2.21. The third kappa shape index (κ3) is 6.87. The SMILES string of the molecule is CCCCCC(=O)Nc1ccc(C(=O)CC(=O)Nc2ccccc2Cl)cc1. The number of ketones is 1. The number of amides is 2. The van der Waals surface area contributed by atoms with Crippen LogP contribution in [0.2, 0.25) is 5.02 Å². The first-order valence-electron chi connectivity index (χ1n) is 8.97. The minimum absolute atomic E-state index is 0.0401. The molecule has 2 aromatic carbocycles. The molecule has 0 saturated heterocycles. The van der Waals surface area contributed by atoms with Gasteiger partial charge in [0.1, 0.15) is 0 Å². The normalized spacial score (nSPS) is 10.3. The number of hydrogen-bond donors (Lipinski definition) is 2. The molecule has 2 rings (SSSR count). The molecule has 0 atom stereocenters. The number of rotatable bonds is 9. The molecule has 0 fully saturated rings. The van der Waals surface area contributed by atoms with E-state index in [4.69, 9.17) is 11.6 Å². The lowest BCUT2D eigenvalue weighted by Crippen LogP contribution is -2.17. The second-order valence-electron chi connectivity index (χ2n) is 6.21. The van der Waals surface area contributed by atoms with Gasteiger partial charge in [0.2, 0.25) is 11.8 Å². The van der Waals surface area contributed by atoms with E-state index in [0.717, 1.165) is 19.3 Å². The van der Waals surface area contributed by atoms with Crippen molar-refractivity contribution in [3.8, 4) is 0 Å². The average molecular weight is 387 g/mol. The van der Waals surface area contributed by atoms with E-state index < -0.39 is 5.91 Å². The minimum Gasteiger partial charge on any atom is -0.326 e. The molecule has 0 radical (unpaired) electrons. The van der Waals surface area contributed by atoms with Crippen molar-refractivity contribution in [3.05, 3.63) is 59.1 Å². The number of para-hydroxylation sites is 1. The molecule has 0 bridgehead atoms. The Morgan fingerprint density at radius 1 is 0.889 bits per heavy atom. The van der Waals surface area contributed by atoms with E-state index in [1.54, 1.807) is 48.5 Å². The van der Waals surface area contributed by atoms with Gasteiger partial charge in [0.15, 0.2) is 5.78 Å². The zero-order valence-corrected chi connectivity index (χ0v) is 16.0. The lowest BCUT2D eigenvalue weighted by Gasteiger charge is -2.08. The summed E-state index contributed by atoms with van der Waals surface area (Å²) in [6.45, 7) is 2.09. The monoisotopic (exact) mass is 386 g/mol. The number of hydrogen-bond acceptors (Lipinski definition) is 3. The molecule has 0 saturated carbocycles. The third-order valence-electron chi connectivity index (χ3n) is 3.97. The summed E-state index contributed by atoms with van der Waals surface area (Å²) in [5.41, 5.74) is 1.51. The summed E-state index contributed by atoms with van der Waals surface area (Å²) < 4.78 is 0. The van der Waals surface area contributed by atoms with Gasteiger partial charge in [0, 0.05) is 17.7 Å². The van der Waals surface area contributed by atoms with Gasteiger partial charge in [0.25, 0.3) is 0 Å². The molecule has 0 spiro atoms. The third-order valence-corrected chi connectivity index (χ3v) is 4.30. The van der Waals surface area contributed by atoms with Gasteiger partial charge in [-0.1, -0.05) is 43.5 Å². The van der Waals surface area contributed by atoms with Gasteiger partial charge in [-0.3, -0.25) is 14.4 Å². The van der Waals surface area contributed by atoms with Crippen molar-refractivity contribution in [3.63, 3.8) is 0 Å². The molecule has 27 heavy (non-hydrogen) atoms. The van der Waals surface area contributed by atoms with Crippen molar-refractivity contribution in [1.29, 1.82) is 0 Å². The van der Waals surface area contributed by atoms with Crippen molar-refractivity contribution in [1.82, 2.24) is 0 Å². The Bertz CT molecular complexity index is 803. The Kier molecular flexibility index (Phi) is 8.01. The summed E-state index contributed by atoms with van der Waals surface area (Å²) in [4.78, 5) is 36.1. The zero-order valence-electron chi connectivity index (χ0n) is 15.3. The van der Waals surface area contributed by atoms with E-state index in [1.165, 1.54) is 0 Å². The molecule has 2 amide bonds. The van der Waals surface area contributed by atoms with E-state index in [9.17, 15) is 14.4 Å². The van der Waals surface area contributed by atoms with Gasteiger partial charge in [0.05, 0.1) is 17.1 Å². The Labute approximate surface area is 164 Å². The molecular weight excluding hydrogens is 364 g/mol. The van der Waals surface area contributed by atoms with Crippen molar-refractivity contribution >= 4 is 40.6 Å². The fourth-order valence-electron chi connectivity index (χ4n) is 2.50. The Morgan fingerprint density at radius 3 is 2.26 bits per heavy atom. The number of nitrogens with one attached hydrogen (secondary N) is 2. The molecular formula is C21H23ClN2O3. The molecule has 0 aliphatic rings. The molecule has 0 aliphatic carbocycles. The van der Waals surface area contributed by atoms with E-state index in [-0.39, 0.29) is 18.1 Å². The molecule has 0 unspecified atom stereocenters. The summed E-state index contributed by atoms with van der Waals surface area (Å²) in [6.07, 6.45) is 3.15. The molecule has 6 heteroatoms. The van der Waals surface area contributed by atoms with E-state index >= 15 is 0 Å². The first-order chi connectivity index (χ1) is 13.0. The fraction of sp³-hybridized carbons (Fsp3) is 0.286. The molecule has 142 valence electrons. The average Bonchev–Trinajstić information content (AvgIpc) is 2.64. The van der Waals surface area contributed by atoms with Gasteiger partial charge in [-0.2, -0.15) is 0 Å². The highest BCUT2D eigenvalue weighted by Gasteiger charge is 2.13. The summed E-state index contributed by atoms with van der Waals surface area (Å²) in [6, 6.07) is 13.4. The number of halogens is 1. The van der Waals surface area contributed by atoms with Crippen LogP contribution in [0.1, 0.15) is 49.4 Å². The number of Topliss-reactive ketones (excluding diaryl/α,β-unsaturated/α-hetero) is 1. The summed E-state index contributed by atoms with van der Waals surface area (Å²) in [7, 11) is 0. The second-order valence-corrected chi connectivity index (χ2v) is 6.62. The van der Waals surface area contributed by atoms with Gasteiger partial charge < -0.3 is 10.6 Å². The van der Waals surface area contributed by atoms with Gasteiger partial charge in [-0.05, 0) is 42.8 Å². The summed E-state index contributed by atoms with van der Waals surface area (Å²) >= 11 is 5.99. The van der Waals surface area contributed by atoms with E-state index in [2.05, 4.69) is 17.6 Å². The predicted molar refractivity (Wildman–Crippen MR) is 108 cm³/mol. The quantitative estimate of drug-likeness (QED) is 0.359. The molecule has 2 N–H and O–H groups in total. The maximum Gasteiger partial charge on any atom is 0.232 e. The standard InChI is InChI=1S/C21H23ClN2O3/c1-2-3-4-9-20(26)23-16-12-10-15(11-13-16)19(25)14-21(27)24-18-8-6-5-7-17(18)22/h5-8,10-13H,2-4,9,14H2,1H3,(H,23,26)(H,24,27). The van der Waals surface area contributed by atoms with Crippen LogP contribution in [0.3, 0.4) is 0 Å². The van der Waals surface area contributed by atoms with E-state index in [0.29, 0.717) is 28.4 Å². The number of unbranched alkanes of at least 4 members (excludes halogenated alkanes) is 2. The topological polar surface area (TPSA) is 75.3 Å². The second kappa shape index (κ2) is 10.5. The number of benzene rings is 2. The smallest absolute Gasteiger partial charge is 0.232 e. The summed E-state index contributed by atoms with van der Waals surface area (Å²) in [5.74, 6) is -0.775. The van der Waals surface area contributed by atoms with E-state index in [1.807, 2.05) is 0 Å². The fourth-order valence-corrected chi connectivity index (χ4v) is 2.69. The largest absolute Gasteiger partial charge is 0.326 e. The first-order valence-corrected chi connectivity index (χ1v) is 9.35. The minimum atomic E-state index is -0.429. The molecule has 0 aliphatic heterocycles. The lowest BCUT2D eigenvalue weighted by atomic mass is 10.1. The number of anilines is 2. The molecule has 2 aromatic rings. The molecule has 5 nitrogen and oxygen atoms in total. The lowest BCUT2D eigenvalue weighted by molar-refractivity contribution is -0.116. The van der Waals surface area contributed by atoms with Crippen LogP contribution in [-0.2, 0) is 9.59 Å². The van der Waals surface area contributed by atoms with Crippen LogP contribution in [0.4, 0.5) is 11.4 Å². The molecule has 0 heterocycles. The Hall–Kier alpha value is -2.66. The van der Waals surface area contributed by atoms with Crippen LogP contribution in [0, 0.1) is 0 Å². The van der Waals surface area contributed by atoms with Crippen molar-refractivity contribution in [2.24, 2.45) is 0 Å². The van der Waals surface area contributed by atoms with Gasteiger partial charge in [-0.25, -0.2) is 0 Å². The first kappa shape index (κ1) is 20.6. The van der Waals surface area contributed by atoms with Crippen LogP contribution in [-0.4, -0.2) is 17.6 Å². The van der Waals surface area contributed by atoms with Crippen LogP contribution < -0.4 is 10.6 Å². The molecule has 0 aromatic heterocycles. The Morgan fingerprint density at radius 2 is 1.59 bits per heavy atom. The van der Waals surface area contributed by atoms with Crippen LogP contribution in [0.25, 0.3) is 0 Å². The van der Waals surface area contributed by atoms with Gasteiger partial charge >= 0.3 is 0 Å². The highest BCUT2D eigenvalue weighted by atomic mass is 35.5. The number of carbonyl (C=O) groups is 3. The summed E-state index contributed by atoms with van der Waals surface area (Å²) in [5, 5.41) is 5.84. The van der Waals surface area contributed by atoms with Crippen LogP contribution in [0.15, 0.2) is 48.5 Å². The van der Waals surface area contributed by atoms with Crippen molar-refractivity contribution in [2.75, 3.05) is 10.6 Å². The maximum atomic E-state index is 12.3. The number of carbonyl (C=O) groups excluding carboxylic acids is 3. The Balaban J connectivity index is 1.87. The van der Waals surface area contributed by atoms with Crippen molar-refractivity contribution in [2.45, 2.75) is 39.0 Å². The van der Waals surface area contributed by atoms with Crippen molar-refractivity contribution < 1.29 is 14.4 Å². The maximum absolute atomic E-state index is 12.3. The predicted octanol–water partition coefficient (Wildman–Crippen LogP) is 5.07. The highest BCUT2D eigenvalue weighted by molar-refractivity contribution is 6.33. The van der Waals surface area contributed by atoms with Crippen LogP contribution >= 0.6 is 11.6 Å². The van der Waals surface area contributed by atoms with Crippen LogP contribution in [0.5, 0.6) is 0 Å².